The fourth-order valence-electron chi connectivity index (χ4n) is 5.64. The van der Waals surface area contributed by atoms with Crippen LogP contribution in [0, 0.1) is 11.3 Å². The van der Waals surface area contributed by atoms with E-state index in [0.29, 0.717) is 5.56 Å². The third-order valence-corrected chi connectivity index (χ3v) is 7.22. The van der Waals surface area contributed by atoms with E-state index in [1.54, 1.807) is 0 Å². The zero-order chi connectivity index (χ0) is 22.8. The second-order valence-electron chi connectivity index (χ2n) is 8.96. The summed E-state index contributed by atoms with van der Waals surface area (Å²) in [6.07, 6.45) is 0. The van der Waals surface area contributed by atoms with Crippen molar-refractivity contribution < 1.29 is 0 Å². The van der Waals surface area contributed by atoms with E-state index >= 15 is 0 Å². The van der Waals surface area contributed by atoms with Crippen LogP contribution in [0.15, 0.2) is 103 Å². The SMILES string of the molecule is Cn1c2ccc(-c3ccc4c5ccccc5c5ccccc5c4c3)cc2c2cccc(C#N)c21. The normalized spacial score (nSPS) is 11.6. The molecule has 0 atom stereocenters. The van der Waals surface area contributed by atoms with Gasteiger partial charge in [-0.2, -0.15) is 5.26 Å². The summed E-state index contributed by atoms with van der Waals surface area (Å²) < 4.78 is 2.13. The lowest BCUT2D eigenvalue weighted by molar-refractivity contribution is 1.01. The van der Waals surface area contributed by atoms with Gasteiger partial charge in [0.25, 0.3) is 0 Å². The van der Waals surface area contributed by atoms with Gasteiger partial charge in [-0.05, 0) is 67.7 Å². The maximum Gasteiger partial charge on any atom is 0.101 e. The van der Waals surface area contributed by atoms with Crippen molar-refractivity contribution in [3.05, 3.63) is 109 Å². The van der Waals surface area contributed by atoms with Gasteiger partial charge in [-0.25, -0.2) is 0 Å². The topological polar surface area (TPSA) is 28.7 Å². The van der Waals surface area contributed by atoms with Gasteiger partial charge < -0.3 is 4.57 Å². The molecular weight excluding hydrogens is 412 g/mol. The summed E-state index contributed by atoms with van der Waals surface area (Å²) in [4.78, 5) is 0. The minimum absolute atomic E-state index is 0.710. The molecule has 0 unspecified atom stereocenters. The Morgan fingerprint density at radius 2 is 1.06 bits per heavy atom. The molecular formula is C32H20N2. The summed E-state index contributed by atoms with van der Waals surface area (Å²) in [5.41, 5.74) is 5.22. The quantitative estimate of drug-likeness (QED) is 0.240. The molecule has 0 radical (unpaired) electrons. The maximum atomic E-state index is 9.62. The van der Waals surface area contributed by atoms with Crippen molar-refractivity contribution in [2.75, 3.05) is 0 Å². The molecule has 34 heavy (non-hydrogen) atoms. The Bertz CT molecular complexity index is 1950. The van der Waals surface area contributed by atoms with Gasteiger partial charge in [0.1, 0.15) is 6.07 Å². The zero-order valence-corrected chi connectivity index (χ0v) is 18.7. The maximum absolute atomic E-state index is 9.62. The van der Waals surface area contributed by atoms with Crippen molar-refractivity contribution >= 4 is 54.1 Å². The number of benzene rings is 6. The molecule has 0 aliphatic rings. The monoisotopic (exact) mass is 432 g/mol. The number of para-hydroxylation sites is 1. The van der Waals surface area contributed by atoms with Crippen molar-refractivity contribution in [3.8, 4) is 17.2 Å². The predicted molar refractivity (Wildman–Crippen MR) is 143 cm³/mol. The first-order valence-corrected chi connectivity index (χ1v) is 11.5. The van der Waals surface area contributed by atoms with Crippen LogP contribution < -0.4 is 0 Å². The van der Waals surface area contributed by atoms with Gasteiger partial charge in [0.2, 0.25) is 0 Å². The third-order valence-electron chi connectivity index (χ3n) is 7.22. The fourth-order valence-corrected chi connectivity index (χ4v) is 5.64. The van der Waals surface area contributed by atoms with Crippen molar-refractivity contribution in [1.29, 1.82) is 5.26 Å². The second kappa shape index (κ2) is 6.94. The molecule has 1 heterocycles. The standard InChI is InChI=1S/C32H20N2/c1-34-31-16-14-21(18-30(31)28-12-6-7-22(19-33)32(28)34)20-13-15-27-25-10-3-2-8-23(25)24-9-4-5-11-26(24)29(27)17-20/h2-18H,1H3. The third kappa shape index (κ3) is 2.50. The number of fused-ring (bicyclic) bond motifs is 9. The largest absolute Gasteiger partial charge is 0.343 e. The van der Waals surface area contributed by atoms with Gasteiger partial charge in [-0.15, -0.1) is 0 Å². The molecule has 0 saturated heterocycles. The second-order valence-corrected chi connectivity index (χ2v) is 8.96. The van der Waals surface area contributed by atoms with E-state index in [1.807, 2.05) is 19.2 Å². The van der Waals surface area contributed by atoms with Gasteiger partial charge >= 0.3 is 0 Å². The van der Waals surface area contributed by atoms with Crippen molar-refractivity contribution in [3.63, 3.8) is 0 Å². The Morgan fingerprint density at radius 3 is 1.71 bits per heavy atom. The van der Waals surface area contributed by atoms with Crippen LogP contribution in [0.5, 0.6) is 0 Å². The van der Waals surface area contributed by atoms with Crippen LogP contribution in [0.2, 0.25) is 0 Å². The predicted octanol–water partition coefficient (Wildman–Crippen LogP) is 8.33. The molecule has 2 nitrogen and oxygen atoms in total. The molecule has 0 N–H and O–H groups in total. The molecule has 0 aliphatic heterocycles. The van der Waals surface area contributed by atoms with Crippen LogP contribution in [0.3, 0.4) is 0 Å². The molecule has 0 saturated carbocycles. The average Bonchev–Trinajstić information content (AvgIpc) is 3.20. The zero-order valence-electron chi connectivity index (χ0n) is 18.7. The van der Waals surface area contributed by atoms with E-state index < -0.39 is 0 Å². The number of hydrogen-bond donors (Lipinski definition) is 0. The summed E-state index contributed by atoms with van der Waals surface area (Å²) in [6.45, 7) is 0. The van der Waals surface area contributed by atoms with Crippen LogP contribution in [0.25, 0.3) is 65.3 Å². The number of aryl methyl sites for hydroxylation is 1. The Morgan fingerprint density at radius 1 is 0.529 bits per heavy atom. The summed E-state index contributed by atoms with van der Waals surface area (Å²) in [7, 11) is 2.04. The molecule has 0 spiro atoms. The first-order chi connectivity index (χ1) is 16.7. The van der Waals surface area contributed by atoms with Crippen molar-refractivity contribution in [2.45, 2.75) is 0 Å². The van der Waals surface area contributed by atoms with Gasteiger partial charge in [-0.1, -0.05) is 78.9 Å². The van der Waals surface area contributed by atoms with E-state index in [1.165, 1.54) is 48.8 Å². The lowest BCUT2D eigenvalue weighted by Crippen LogP contribution is -1.89. The number of rotatable bonds is 1. The Hall–Kier alpha value is -4.61. The van der Waals surface area contributed by atoms with Crippen LogP contribution in [-0.2, 0) is 7.05 Å². The summed E-state index contributed by atoms with van der Waals surface area (Å²) in [6, 6.07) is 39.2. The fraction of sp³-hybridized carbons (Fsp3) is 0.0312. The summed E-state index contributed by atoms with van der Waals surface area (Å²) >= 11 is 0. The van der Waals surface area contributed by atoms with Crippen LogP contribution in [-0.4, -0.2) is 4.57 Å². The number of nitrogens with zero attached hydrogens (tertiary/aromatic N) is 2. The number of hydrogen-bond acceptors (Lipinski definition) is 1. The minimum Gasteiger partial charge on any atom is -0.343 e. The van der Waals surface area contributed by atoms with Gasteiger partial charge in [0.15, 0.2) is 0 Å². The van der Waals surface area contributed by atoms with Gasteiger partial charge in [0.05, 0.1) is 11.1 Å². The van der Waals surface area contributed by atoms with Gasteiger partial charge in [-0.3, -0.25) is 0 Å². The lowest BCUT2D eigenvalue weighted by atomic mass is 9.92. The van der Waals surface area contributed by atoms with E-state index in [4.69, 9.17) is 0 Å². The Kier molecular flexibility index (Phi) is 3.86. The molecule has 6 aromatic carbocycles. The highest BCUT2D eigenvalue weighted by Crippen LogP contribution is 2.38. The first-order valence-electron chi connectivity index (χ1n) is 11.5. The van der Waals surface area contributed by atoms with Crippen LogP contribution >= 0.6 is 0 Å². The molecule has 0 amide bonds. The summed E-state index contributed by atoms with van der Waals surface area (Å²) in [5, 5.41) is 19.6. The number of nitriles is 1. The molecule has 7 aromatic rings. The van der Waals surface area contributed by atoms with Crippen LogP contribution in [0.4, 0.5) is 0 Å². The van der Waals surface area contributed by atoms with E-state index in [0.717, 1.165) is 16.4 Å². The molecule has 7 rings (SSSR count). The number of aromatic nitrogens is 1. The van der Waals surface area contributed by atoms with Crippen molar-refractivity contribution in [1.82, 2.24) is 4.57 Å². The van der Waals surface area contributed by atoms with E-state index in [9.17, 15) is 5.26 Å². The van der Waals surface area contributed by atoms with Gasteiger partial charge in [0, 0.05) is 23.3 Å². The van der Waals surface area contributed by atoms with Crippen LogP contribution in [0.1, 0.15) is 5.56 Å². The Labute approximate surface area is 196 Å². The average molecular weight is 433 g/mol. The molecule has 158 valence electrons. The highest BCUT2D eigenvalue weighted by atomic mass is 14.9. The molecule has 0 aliphatic carbocycles. The molecule has 2 heteroatoms. The summed E-state index contributed by atoms with van der Waals surface area (Å²) in [5.74, 6) is 0. The Balaban J connectivity index is 1.53. The molecule has 0 fully saturated rings. The van der Waals surface area contributed by atoms with E-state index in [-0.39, 0.29) is 0 Å². The van der Waals surface area contributed by atoms with Crippen molar-refractivity contribution in [2.24, 2.45) is 7.05 Å². The molecule has 0 bridgehead atoms. The smallest absolute Gasteiger partial charge is 0.101 e. The highest BCUT2D eigenvalue weighted by Gasteiger charge is 2.14. The molecule has 1 aromatic heterocycles. The minimum atomic E-state index is 0.710. The van der Waals surface area contributed by atoms with E-state index in [2.05, 4.69) is 102 Å². The highest BCUT2D eigenvalue weighted by molar-refractivity contribution is 6.25. The first kappa shape index (κ1) is 18.9. The lowest BCUT2D eigenvalue weighted by Gasteiger charge is -2.12.